The number of amides is 10. The van der Waals surface area contributed by atoms with Crippen LogP contribution in [0.1, 0.15) is 87.3 Å². The monoisotopic (exact) mass is 1380 g/mol. The second-order valence-electron chi connectivity index (χ2n) is 21.7. The molecule has 2 rings (SSSR count). The number of rotatable bonds is 35. The number of nitrogens with one attached hydrogen (secondary N) is 10. The van der Waals surface area contributed by atoms with Crippen molar-refractivity contribution in [3.8, 4) is 0 Å². The van der Waals surface area contributed by atoms with Crippen LogP contribution in [0.25, 0.3) is 0 Å². The second kappa shape index (κ2) is 40.4. The van der Waals surface area contributed by atoms with Gasteiger partial charge in [-0.25, -0.2) is 28.8 Å². The Labute approximate surface area is 550 Å². The number of hydrogen-bond donors (Lipinski definition) is 10. The first-order valence-electron chi connectivity index (χ1n) is 28.2. The third-order valence-electron chi connectivity index (χ3n) is 11.8. The van der Waals surface area contributed by atoms with Gasteiger partial charge in [0.05, 0.1) is 11.8 Å². The van der Waals surface area contributed by atoms with Crippen LogP contribution in [0, 0.1) is 11.8 Å². The molecule has 0 fully saturated rings. The summed E-state index contributed by atoms with van der Waals surface area (Å²) in [6, 6.07) is 4.79. The molecule has 10 amide bonds. The number of alkyl halides is 3. The number of carbonyl (C=O) groups excluding carboxylic acids is 13. The average Bonchev–Trinajstić information content (AvgIpc) is 1.65. The van der Waals surface area contributed by atoms with Crippen molar-refractivity contribution < 1.29 is 90.8 Å². The summed E-state index contributed by atoms with van der Waals surface area (Å²) >= 11 is 19.3. The van der Waals surface area contributed by atoms with Crippen molar-refractivity contribution in [2.45, 2.75) is 147 Å². The van der Waals surface area contributed by atoms with E-state index >= 15 is 0 Å². The van der Waals surface area contributed by atoms with Crippen molar-refractivity contribution in [1.82, 2.24) is 53.2 Å². The van der Waals surface area contributed by atoms with Gasteiger partial charge >= 0.3 is 36.2 Å². The zero-order chi connectivity index (χ0) is 68.6. The fraction of sp³-hybridized carbons (Fsp3) is 0.561. The zero-order valence-corrected chi connectivity index (χ0v) is 56.0. The Morgan fingerprint density at radius 3 is 1.21 bits per heavy atom. The molecule has 0 heterocycles. The molecule has 0 aromatic heterocycles. The molecule has 10 N–H and O–H groups in total. The van der Waals surface area contributed by atoms with Crippen LogP contribution in [0.4, 0.5) is 14.4 Å². The molecule has 8 atom stereocenters. The summed E-state index contributed by atoms with van der Waals surface area (Å²) in [5, 5.41) is 24.5. The SMILES string of the molecule is CC(=O)NCSC[C@H](NC(=O)[C@H](C)NC(=O)OC(C)(C)C)C(=O)N[C@H](C(=O)OC[C@@H](NC(=O)OCc1ccccc1)C(=O)N[C@@H](C)C(=O)N[C@@H](CSCNC(C)=O)C(=O)N[C@H](C(=O)OC[C@@H](NC(=O)OCc1ccccc1)C(=O)OCC(Cl)(Cl)Cl)C(C)C)C(C)C. The largest absolute Gasteiger partial charge is 0.461 e. The van der Waals surface area contributed by atoms with Gasteiger partial charge in [0.2, 0.25) is 45.1 Å². The summed E-state index contributed by atoms with van der Waals surface area (Å²) in [5.41, 5.74) is 0.269. The van der Waals surface area contributed by atoms with Gasteiger partial charge in [0.15, 0.2) is 6.04 Å². The van der Waals surface area contributed by atoms with Crippen LogP contribution < -0.4 is 53.2 Å². The average molecular weight is 1380 g/mol. The van der Waals surface area contributed by atoms with Gasteiger partial charge in [-0.1, -0.05) is 123 Å². The fourth-order valence-corrected chi connectivity index (χ4v) is 8.93. The maximum Gasteiger partial charge on any atom is 0.408 e. The Kier molecular flexibility index (Phi) is 35.3. The van der Waals surface area contributed by atoms with Gasteiger partial charge in [-0.2, -0.15) is 0 Å². The predicted molar refractivity (Wildman–Crippen MR) is 336 cm³/mol. The van der Waals surface area contributed by atoms with Gasteiger partial charge in [0.1, 0.15) is 80.9 Å². The molecule has 2 aromatic rings. The Balaban J connectivity index is 2.38. The van der Waals surface area contributed by atoms with E-state index < -0.39 is 161 Å². The number of halogens is 3. The highest BCUT2D eigenvalue weighted by atomic mass is 35.6. The lowest BCUT2D eigenvalue weighted by atomic mass is 10.0. The van der Waals surface area contributed by atoms with Gasteiger partial charge in [-0.05, 0) is 57.6 Å². The maximum absolute atomic E-state index is 14.1. The molecule has 0 aliphatic carbocycles. The molecule has 34 heteroatoms. The lowest BCUT2D eigenvalue weighted by Crippen LogP contribution is -2.59. The molecule has 506 valence electrons. The Bertz CT molecular complexity index is 2780. The van der Waals surface area contributed by atoms with Gasteiger partial charge < -0.3 is 81.6 Å². The topological polar surface area (TPSA) is 398 Å². The summed E-state index contributed by atoms with van der Waals surface area (Å²) in [5.74, 6) is -10.9. The lowest BCUT2D eigenvalue weighted by Gasteiger charge is -2.27. The minimum absolute atomic E-state index is 0.0270. The van der Waals surface area contributed by atoms with Crippen molar-refractivity contribution in [1.29, 1.82) is 0 Å². The van der Waals surface area contributed by atoms with Crippen LogP contribution in [0.5, 0.6) is 0 Å². The van der Waals surface area contributed by atoms with Crippen molar-refractivity contribution in [2.75, 3.05) is 43.1 Å². The Morgan fingerprint density at radius 1 is 0.440 bits per heavy atom. The molecule has 0 unspecified atom stereocenters. The third-order valence-corrected chi connectivity index (χ3v) is 13.9. The van der Waals surface area contributed by atoms with Gasteiger partial charge in [0.25, 0.3) is 0 Å². The minimum Gasteiger partial charge on any atom is -0.461 e. The molecule has 0 spiro atoms. The van der Waals surface area contributed by atoms with Gasteiger partial charge in [-0.3, -0.25) is 33.6 Å². The van der Waals surface area contributed by atoms with Gasteiger partial charge in [0, 0.05) is 25.4 Å². The van der Waals surface area contributed by atoms with Crippen molar-refractivity contribution in [3.05, 3.63) is 71.8 Å². The highest BCUT2D eigenvalue weighted by Gasteiger charge is 2.37. The maximum atomic E-state index is 14.1. The molecule has 0 aliphatic heterocycles. The quantitative estimate of drug-likeness (QED) is 0.0156. The number of alkyl carbamates (subject to hydrolysis) is 3. The third kappa shape index (κ3) is 34.0. The Morgan fingerprint density at radius 2 is 0.824 bits per heavy atom. The van der Waals surface area contributed by atoms with E-state index in [0.29, 0.717) is 11.1 Å². The standard InChI is InChI=1S/C57H81Cl3N10O19S2/c1-31(2)43(69-49(77)42(27-91-30-62-36(8)72)66-46(74)34(6)64-55(83)89-56(9,10)11)51(79)84-24-39(67-53(81)86-22-37-18-14-12-15-19-37)47(75)63-33(5)45(73)65-41(26-90-29-61-35(7)71)48(76)70-44(32(3)4)52(80)85-25-40(50(78)88-28-57(58,59)60)68-54(82)87-23-38-20-16-13-17-21-38/h12-21,31-34,39-44H,22-30H2,1-11H3,(H,61,71)(H,62,72)(H,63,75)(H,64,83)(H,65,73)(H,66,74)(H,67,81)(H,68,82)(H,69,77)(H,70,76)/t33-,34-,39+,40+,41-,42-,43-,44-/m0/s1. The van der Waals surface area contributed by atoms with E-state index in [2.05, 4.69) is 53.2 Å². The molecule has 0 saturated heterocycles. The number of benzene rings is 2. The smallest absolute Gasteiger partial charge is 0.408 e. The normalized spacial score (nSPS) is 13.8. The zero-order valence-electron chi connectivity index (χ0n) is 52.1. The van der Waals surface area contributed by atoms with Crippen LogP contribution in [-0.4, -0.2) is 178 Å². The van der Waals surface area contributed by atoms with E-state index in [1.54, 1.807) is 95.3 Å². The van der Waals surface area contributed by atoms with E-state index in [9.17, 15) is 62.3 Å². The minimum atomic E-state index is -2.06. The van der Waals surface area contributed by atoms with E-state index in [0.717, 1.165) is 23.5 Å². The van der Waals surface area contributed by atoms with Crippen LogP contribution in [0.15, 0.2) is 60.7 Å². The summed E-state index contributed by atoms with van der Waals surface area (Å²) in [6.45, 7) is 13.0. The van der Waals surface area contributed by atoms with Crippen LogP contribution >= 0.6 is 58.3 Å². The van der Waals surface area contributed by atoms with Crippen molar-refractivity contribution >= 4 is 136 Å². The first kappa shape index (κ1) is 79.6. The van der Waals surface area contributed by atoms with Gasteiger partial charge in [-0.15, -0.1) is 23.5 Å². The predicted octanol–water partition coefficient (Wildman–Crippen LogP) is 2.90. The fourth-order valence-electron chi connectivity index (χ4n) is 6.98. The first-order valence-corrected chi connectivity index (χ1v) is 31.7. The molecule has 91 heavy (non-hydrogen) atoms. The summed E-state index contributed by atoms with van der Waals surface area (Å²) in [4.78, 5) is 172. The number of carbonyl (C=O) groups is 13. The second-order valence-corrected chi connectivity index (χ2v) is 26.3. The van der Waals surface area contributed by atoms with E-state index in [4.69, 9.17) is 63.2 Å². The Hall–Kier alpha value is -7.48. The molecule has 0 bridgehead atoms. The summed E-state index contributed by atoms with van der Waals surface area (Å²) in [7, 11) is 0. The van der Waals surface area contributed by atoms with Crippen LogP contribution in [0.2, 0.25) is 0 Å². The number of thioether (sulfide) groups is 2. The summed E-state index contributed by atoms with van der Waals surface area (Å²) < 4.78 is 29.6. The van der Waals surface area contributed by atoms with E-state index in [1.807, 2.05) is 0 Å². The number of ether oxygens (including phenoxy) is 6. The number of hydrogen-bond acceptors (Lipinski definition) is 21. The highest BCUT2D eigenvalue weighted by Crippen LogP contribution is 2.26. The van der Waals surface area contributed by atoms with Crippen LogP contribution in [0.3, 0.4) is 0 Å². The molecular weight excluding hydrogens is 1300 g/mol. The van der Waals surface area contributed by atoms with Crippen LogP contribution in [-0.2, 0) is 89.6 Å². The molecule has 2 aromatic carbocycles. The number of esters is 3. The molecule has 0 aliphatic rings. The molecular formula is C57H81Cl3N10O19S2. The summed E-state index contributed by atoms with van der Waals surface area (Å²) in [6.07, 6.45) is -3.20. The highest BCUT2D eigenvalue weighted by molar-refractivity contribution is 7.99. The van der Waals surface area contributed by atoms with Crippen molar-refractivity contribution in [2.24, 2.45) is 11.8 Å². The molecule has 0 radical (unpaired) electrons. The first-order chi connectivity index (χ1) is 42.5. The van der Waals surface area contributed by atoms with E-state index in [-0.39, 0.29) is 42.4 Å². The van der Waals surface area contributed by atoms with E-state index in [1.165, 1.54) is 41.5 Å². The lowest BCUT2D eigenvalue weighted by molar-refractivity contribution is -0.155. The molecule has 0 saturated carbocycles. The molecule has 29 nitrogen and oxygen atoms in total. The van der Waals surface area contributed by atoms with Crippen molar-refractivity contribution in [3.63, 3.8) is 0 Å².